The maximum Gasteiger partial charge on any atom is 0.0580 e. The standard InChI is InChI=1S/C17H20ClN/c1-11-6-5-7-15(13(11)3)17(19-4)16-10-14(18)9-8-12(16)2/h5-10,17,19H,1-4H3. The molecule has 19 heavy (non-hydrogen) atoms. The molecule has 2 rings (SSSR count). The zero-order valence-corrected chi connectivity index (χ0v) is 12.7. The predicted molar refractivity (Wildman–Crippen MR) is 83.0 cm³/mol. The minimum absolute atomic E-state index is 0.179. The van der Waals surface area contributed by atoms with Crippen LogP contribution in [-0.4, -0.2) is 7.05 Å². The molecule has 1 atom stereocenters. The number of rotatable bonds is 3. The van der Waals surface area contributed by atoms with E-state index in [-0.39, 0.29) is 6.04 Å². The van der Waals surface area contributed by atoms with Crippen molar-refractivity contribution in [2.24, 2.45) is 0 Å². The first-order valence-corrected chi connectivity index (χ1v) is 6.92. The smallest absolute Gasteiger partial charge is 0.0580 e. The summed E-state index contributed by atoms with van der Waals surface area (Å²) < 4.78 is 0. The Labute approximate surface area is 120 Å². The highest BCUT2D eigenvalue weighted by atomic mass is 35.5. The largest absolute Gasteiger partial charge is 0.309 e. The molecule has 0 saturated carbocycles. The van der Waals surface area contributed by atoms with Gasteiger partial charge in [-0.2, -0.15) is 0 Å². The molecule has 2 aromatic rings. The van der Waals surface area contributed by atoms with E-state index in [0.717, 1.165) is 5.02 Å². The Hall–Kier alpha value is -1.31. The van der Waals surface area contributed by atoms with Crippen molar-refractivity contribution in [3.05, 3.63) is 69.2 Å². The summed E-state index contributed by atoms with van der Waals surface area (Å²) in [5, 5.41) is 4.20. The van der Waals surface area contributed by atoms with Crippen LogP contribution in [0.4, 0.5) is 0 Å². The van der Waals surface area contributed by atoms with Gasteiger partial charge in [-0.15, -0.1) is 0 Å². The molecule has 0 amide bonds. The molecule has 1 N–H and O–H groups in total. The number of halogens is 1. The van der Waals surface area contributed by atoms with Crippen LogP contribution in [0.1, 0.15) is 33.9 Å². The maximum atomic E-state index is 6.15. The summed E-state index contributed by atoms with van der Waals surface area (Å²) in [4.78, 5) is 0. The second-order valence-electron chi connectivity index (χ2n) is 5.01. The van der Waals surface area contributed by atoms with E-state index in [0.29, 0.717) is 0 Å². The number of hydrogen-bond donors (Lipinski definition) is 1. The minimum atomic E-state index is 0.179. The van der Waals surface area contributed by atoms with Crippen molar-refractivity contribution in [2.75, 3.05) is 7.05 Å². The fourth-order valence-electron chi connectivity index (χ4n) is 2.49. The third kappa shape index (κ3) is 2.83. The van der Waals surface area contributed by atoms with Crippen molar-refractivity contribution in [2.45, 2.75) is 26.8 Å². The van der Waals surface area contributed by atoms with E-state index >= 15 is 0 Å². The highest BCUT2D eigenvalue weighted by molar-refractivity contribution is 6.30. The fourth-order valence-corrected chi connectivity index (χ4v) is 2.67. The third-order valence-corrected chi connectivity index (χ3v) is 4.03. The van der Waals surface area contributed by atoms with Crippen LogP contribution in [0.2, 0.25) is 5.02 Å². The van der Waals surface area contributed by atoms with Crippen LogP contribution >= 0.6 is 11.6 Å². The van der Waals surface area contributed by atoms with Crippen LogP contribution in [0, 0.1) is 20.8 Å². The van der Waals surface area contributed by atoms with Crippen molar-refractivity contribution in [3.63, 3.8) is 0 Å². The zero-order chi connectivity index (χ0) is 14.0. The van der Waals surface area contributed by atoms with E-state index in [1.807, 2.05) is 13.1 Å². The summed E-state index contributed by atoms with van der Waals surface area (Å²) in [7, 11) is 1.99. The lowest BCUT2D eigenvalue weighted by Crippen LogP contribution is -2.20. The van der Waals surface area contributed by atoms with E-state index in [1.54, 1.807) is 0 Å². The van der Waals surface area contributed by atoms with Gasteiger partial charge in [-0.3, -0.25) is 0 Å². The average molecular weight is 274 g/mol. The monoisotopic (exact) mass is 273 g/mol. The molecule has 0 aliphatic carbocycles. The number of hydrogen-bond acceptors (Lipinski definition) is 1. The van der Waals surface area contributed by atoms with Crippen LogP contribution in [0.25, 0.3) is 0 Å². The van der Waals surface area contributed by atoms with E-state index in [4.69, 9.17) is 11.6 Å². The molecule has 0 fully saturated rings. The minimum Gasteiger partial charge on any atom is -0.309 e. The maximum absolute atomic E-state index is 6.15. The number of benzene rings is 2. The van der Waals surface area contributed by atoms with Gasteiger partial charge < -0.3 is 5.32 Å². The van der Waals surface area contributed by atoms with Crippen LogP contribution < -0.4 is 5.32 Å². The van der Waals surface area contributed by atoms with E-state index in [1.165, 1.54) is 27.8 Å². The van der Waals surface area contributed by atoms with E-state index < -0.39 is 0 Å². The Balaban J connectivity index is 2.56. The SMILES string of the molecule is CNC(c1cc(Cl)ccc1C)c1cccc(C)c1C. The van der Waals surface area contributed by atoms with Gasteiger partial charge in [0.1, 0.15) is 0 Å². The molecule has 2 aromatic carbocycles. The lowest BCUT2D eigenvalue weighted by atomic mass is 9.90. The molecule has 100 valence electrons. The lowest BCUT2D eigenvalue weighted by Gasteiger charge is -2.22. The molecule has 0 heterocycles. The Morgan fingerprint density at radius 3 is 2.37 bits per heavy atom. The summed E-state index contributed by atoms with van der Waals surface area (Å²) in [6.45, 7) is 6.45. The highest BCUT2D eigenvalue weighted by Crippen LogP contribution is 2.30. The van der Waals surface area contributed by atoms with Crippen molar-refractivity contribution >= 4 is 11.6 Å². The van der Waals surface area contributed by atoms with Crippen LogP contribution in [0.3, 0.4) is 0 Å². The number of aryl methyl sites for hydroxylation is 2. The zero-order valence-electron chi connectivity index (χ0n) is 11.9. The molecule has 0 radical (unpaired) electrons. The second-order valence-corrected chi connectivity index (χ2v) is 5.45. The molecule has 2 heteroatoms. The van der Waals surface area contributed by atoms with Gasteiger partial charge in [-0.05, 0) is 67.8 Å². The summed E-state index contributed by atoms with van der Waals surface area (Å²) >= 11 is 6.15. The topological polar surface area (TPSA) is 12.0 Å². The van der Waals surface area contributed by atoms with E-state index in [2.05, 4.69) is 56.4 Å². The Bertz CT molecular complexity index is 588. The number of nitrogens with one attached hydrogen (secondary N) is 1. The van der Waals surface area contributed by atoms with E-state index in [9.17, 15) is 0 Å². The van der Waals surface area contributed by atoms with Gasteiger partial charge in [0.2, 0.25) is 0 Å². The lowest BCUT2D eigenvalue weighted by molar-refractivity contribution is 0.682. The highest BCUT2D eigenvalue weighted by Gasteiger charge is 2.17. The fraction of sp³-hybridized carbons (Fsp3) is 0.294. The Kier molecular flexibility index (Phi) is 4.28. The molecular formula is C17H20ClN. The van der Waals surface area contributed by atoms with Gasteiger partial charge in [0.15, 0.2) is 0 Å². The first kappa shape index (κ1) is 14.1. The molecule has 0 saturated heterocycles. The van der Waals surface area contributed by atoms with Crippen LogP contribution in [-0.2, 0) is 0 Å². The summed E-state index contributed by atoms with van der Waals surface area (Å²) in [6, 6.07) is 12.7. The summed E-state index contributed by atoms with van der Waals surface area (Å²) in [5.74, 6) is 0. The van der Waals surface area contributed by atoms with Crippen molar-refractivity contribution in [3.8, 4) is 0 Å². The first-order valence-electron chi connectivity index (χ1n) is 6.54. The predicted octanol–water partition coefficient (Wildman–Crippen LogP) is 4.57. The quantitative estimate of drug-likeness (QED) is 0.863. The molecule has 0 bridgehead atoms. The molecule has 0 aliphatic rings. The van der Waals surface area contributed by atoms with Gasteiger partial charge in [0, 0.05) is 5.02 Å². The summed E-state index contributed by atoms with van der Waals surface area (Å²) in [6.07, 6.45) is 0. The van der Waals surface area contributed by atoms with Gasteiger partial charge >= 0.3 is 0 Å². The van der Waals surface area contributed by atoms with Gasteiger partial charge in [-0.25, -0.2) is 0 Å². The second kappa shape index (κ2) is 5.77. The van der Waals surface area contributed by atoms with Gasteiger partial charge in [-0.1, -0.05) is 35.9 Å². The van der Waals surface area contributed by atoms with Gasteiger partial charge in [0.25, 0.3) is 0 Å². The first-order chi connectivity index (χ1) is 9.04. The van der Waals surface area contributed by atoms with Crippen LogP contribution in [0.15, 0.2) is 36.4 Å². The van der Waals surface area contributed by atoms with Crippen LogP contribution in [0.5, 0.6) is 0 Å². The molecule has 1 unspecified atom stereocenters. The molecular weight excluding hydrogens is 254 g/mol. The van der Waals surface area contributed by atoms with Crippen molar-refractivity contribution < 1.29 is 0 Å². The summed E-state index contributed by atoms with van der Waals surface area (Å²) in [5.41, 5.74) is 6.46. The van der Waals surface area contributed by atoms with Crippen molar-refractivity contribution in [1.29, 1.82) is 0 Å². The molecule has 0 aromatic heterocycles. The van der Waals surface area contributed by atoms with Gasteiger partial charge in [0.05, 0.1) is 6.04 Å². The van der Waals surface area contributed by atoms with Crippen molar-refractivity contribution in [1.82, 2.24) is 5.32 Å². The molecule has 1 nitrogen and oxygen atoms in total. The Morgan fingerprint density at radius 2 is 1.68 bits per heavy atom. The third-order valence-electron chi connectivity index (χ3n) is 3.80. The molecule has 0 aliphatic heterocycles. The molecule has 0 spiro atoms. The average Bonchev–Trinajstić information content (AvgIpc) is 2.39. The normalized spacial score (nSPS) is 12.5. The Morgan fingerprint density at radius 1 is 0.947 bits per heavy atom.